The lowest BCUT2D eigenvalue weighted by molar-refractivity contribution is -0.309. The average Bonchev–Trinajstić information content (AvgIpc) is 1.82. The summed E-state index contributed by atoms with van der Waals surface area (Å²) in [5.41, 5.74) is 0. The van der Waals surface area contributed by atoms with Crippen LogP contribution in [0.5, 0.6) is 0 Å². The number of halogens is 5. The van der Waals surface area contributed by atoms with Gasteiger partial charge < -0.3 is 9.90 Å². The zero-order valence-corrected chi connectivity index (χ0v) is 5.41. The van der Waals surface area contributed by atoms with E-state index in [1.165, 1.54) is 0 Å². The molecule has 0 aromatic heterocycles. The highest BCUT2D eigenvalue weighted by molar-refractivity contribution is 5.66. The second-order valence-corrected chi connectivity index (χ2v) is 1.83. The van der Waals surface area contributed by atoms with Crippen molar-refractivity contribution < 1.29 is 31.9 Å². The number of carboxylic acid groups (broad SMARTS) is 1. The molecule has 0 N–H and O–H groups in total. The Morgan fingerprint density at radius 1 is 1.25 bits per heavy atom. The standard InChI is InChI=1S/C5H3F5O2/c6-3(4(7)8)5(9,10)1-2(11)12/h1H2,(H,11,12)/p-1. The highest BCUT2D eigenvalue weighted by Crippen LogP contribution is 2.31. The van der Waals surface area contributed by atoms with E-state index in [1.54, 1.807) is 0 Å². The molecule has 0 rings (SSSR count). The lowest BCUT2D eigenvalue weighted by Crippen LogP contribution is -2.31. The molecule has 12 heavy (non-hydrogen) atoms. The van der Waals surface area contributed by atoms with Gasteiger partial charge >= 0.3 is 12.0 Å². The van der Waals surface area contributed by atoms with Gasteiger partial charge in [-0.25, -0.2) is 0 Å². The molecule has 0 aromatic carbocycles. The van der Waals surface area contributed by atoms with Gasteiger partial charge in [0.1, 0.15) is 0 Å². The van der Waals surface area contributed by atoms with Crippen LogP contribution in [0.1, 0.15) is 6.42 Å². The Balaban J connectivity index is 4.62. The van der Waals surface area contributed by atoms with Gasteiger partial charge in [-0.3, -0.25) is 0 Å². The molecule has 0 unspecified atom stereocenters. The van der Waals surface area contributed by atoms with Crippen molar-refractivity contribution >= 4 is 5.97 Å². The second kappa shape index (κ2) is 3.51. The van der Waals surface area contributed by atoms with E-state index in [9.17, 15) is 31.9 Å². The summed E-state index contributed by atoms with van der Waals surface area (Å²) in [6.07, 6.45) is -5.34. The van der Waals surface area contributed by atoms with Gasteiger partial charge in [-0.05, 0) is 0 Å². The first-order valence-corrected chi connectivity index (χ1v) is 2.56. The Labute approximate surface area is 63.3 Å². The number of hydrogen-bond donors (Lipinski definition) is 0. The van der Waals surface area contributed by atoms with Gasteiger partial charge in [0.15, 0.2) is 0 Å². The van der Waals surface area contributed by atoms with E-state index in [0.29, 0.717) is 0 Å². The molecule has 0 spiro atoms. The molecule has 0 aromatic rings. The highest BCUT2D eigenvalue weighted by Gasteiger charge is 2.38. The van der Waals surface area contributed by atoms with Gasteiger partial charge in [-0.2, -0.15) is 22.0 Å². The Kier molecular flexibility index (Phi) is 3.17. The van der Waals surface area contributed by atoms with E-state index in [2.05, 4.69) is 0 Å². The third-order valence-electron chi connectivity index (χ3n) is 0.853. The predicted octanol–water partition coefficient (Wildman–Crippen LogP) is 0.839. The summed E-state index contributed by atoms with van der Waals surface area (Å²) >= 11 is 0. The first kappa shape index (κ1) is 10.9. The largest absolute Gasteiger partial charge is 0.550 e. The molecule has 0 aliphatic carbocycles. The van der Waals surface area contributed by atoms with Crippen LogP contribution in [-0.4, -0.2) is 11.9 Å². The van der Waals surface area contributed by atoms with Crippen molar-refractivity contribution in [1.82, 2.24) is 0 Å². The van der Waals surface area contributed by atoms with E-state index in [4.69, 9.17) is 0 Å². The maximum Gasteiger partial charge on any atom is 0.309 e. The van der Waals surface area contributed by atoms with Gasteiger partial charge in [0.25, 0.3) is 0 Å². The van der Waals surface area contributed by atoms with Crippen molar-refractivity contribution in [1.29, 1.82) is 0 Å². The topological polar surface area (TPSA) is 40.1 Å². The number of aliphatic carboxylic acids is 1. The molecule has 0 heterocycles. The monoisotopic (exact) mass is 189 g/mol. The van der Waals surface area contributed by atoms with Crippen LogP contribution in [0.3, 0.4) is 0 Å². The number of carbonyl (C=O) groups excluding carboxylic acids is 1. The molecule has 0 atom stereocenters. The lowest BCUT2D eigenvalue weighted by Gasteiger charge is -2.13. The predicted molar refractivity (Wildman–Crippen MR) is 24.9 cm³/mol. The quantitative estimate of drug-likeness (QED) is 0.617. The fraction of sp³-hybridized carbons (Fsp3) is 0.400. The maximum atomic E-state index is 12.0. The molecule has 70 valence electrons. The summed E-state index contributed by atoms with van der Waals surface area (Å²) in [5.74, 6) is -10.0. The van der Waals surface area contributed by atoms with E-state index in [0.717, 1.165) is 0 Å². The molecule has 0 fully saturated rings. The summed E-state index contributed by atoms with van der Waals surface area (Å²) in [6.45, 7) is 0. The van der Waals surface area contributed by atoms with Crippen LogP contribution in [0, 0.1) is 0 Å². The van der Waals surface area contributed by atoms with Gasteiger partial charge in [0.2, 0.25) is 5.83 Å². The van der Waals surface area contributed by atoms with Crippen molar-refractivity contribution in [2.75, 3.05) is 0 Å². The minimum atomic E-state index is -4.70. The van der Waals surface area contributed by atoms with Crippen molar-refractivity contribution in [2.45, 2.75) is 12.3 Å². The van der Waals surface area contributed by atoms with Gasteiger partial charge in [0, 0.05) is 5.97 Å². The Hall–Kier alpha value is -1.14. The number of carbonyl (C=O) groups is 1. The summed E-state index contributed by atoms with van der Waals surface area (Å²) in [5, 5.41) is 9.52. The smallest absolute Gasteiger partial charge is 0.309 e. The first-order valence-electron chi connectivity index (χ1n) is 2.56. The third kappa shape index (κ3) is 2.85. The fourth-order valence-corrected chi connectivity index (χ4v) is 0.397. The van der Waals surface area contributed by atoms with Crippen LogP contribution in [0.25, 0.3) is 0 Å². The zero-order chi connectivity index (χ0) is 9.94. The van der Waals surface area contributed by atoms with Crippen molar-refractivity contribution in [3.63, 3.8) is 0 Å². The Bertz CT molecular complexity index is 218. The Morgan fingerprint density at radius 3 is 1.92 bits per heavy atom. The molecule has 0 bridgehead atoms. The van der Waals surface area contributed by atoms with Crippen molar-refractivity contribution in [2.24, 2.45) is 0 Å². The minimum Gasteiger partial charge on any atom is -0.550 e. The highest BCUT2D eigenvalue weighted by atomic mass is 19.3. The second-order valence-electron chi connectivity index (χ2n) is 1.83. The molecule has 0 saturated carbocycles. The Morgan fingerprint density at radius 2 is 1.67 bits per heavy atom. The van der Waals surface area contributed by atoms with Crippen LogP contribution in [0.4, 0.5) is 22.0 Å². The van der Waals surface area contributed by atoms with Crippen LogP contribution in [-0.2, 0) is 4.79 Å². The molecule has 0 saturated heterocycles. The van der Waals surface area contributed by atoms with E-state index in [-0.39, 0.29) is 0 Å². The number of rotatable bonds is 3. The van der Waals surface area contributed by atoms with Gasteiger partial charge in [-0.1, -0.05) is 0 Å². The minimum absolute atomic E-state index is 2.10. The van der Waals surface area contributed by atoms with Crippen LogP contribution in [0.2, 0.25) is 0 Å². The van der Waals surface area contributed by atoms with Crippen molar-refractivity contribution in [3.05, 3.63) is 11.9 Å². The molecular formula is C5H2F5O2-. The first-order chi connectivity index (χ1) is 5.27. The number of alkyl halides is 2. The molecule has 0 aliphatic heterocycles. The van der Waals surface area contributed by atoms with Crippen molar-refractivity contribution in [3.8, 4) is 0 Å². The zero-order valence-electron chi connectivity index (χ0n) is 5.41. The molecular weight excluding hydrogens is 187 g/mol. The molecule has 7 heteroatoms. The van der Waals surface area contributed by atoms with E-state index >= 15 is 0 Å². The number of carboxylic acids is 1. The van der Waals surface area contributed by atoms with Gasteiger partial charge in [-0.15, -0.1) is 0 Å². The van der Waals surface area contributed by atoms with E-state index in [1.807, 2.05) is 0 Å². The van der Waals surface area contributed by atoms with Crippen LogP contribution in [0.15, 0.2) is 11.9 Å². The molecule has 0 radical (unpaired) electrons. The normalized spacial score (nSPS) is 11.1. The summed E-state index contributed by atoms with van der Waals surface area (Å²) in [7, 11) is 0. The molecule has 2 nitrogen and oxygen atoms in total. The average molecular weight is 189 g/mol. The number of allylic oxidation sites excluding steroid dienone is 1. The molecule has 0 amide bonds. The van der Waals surface area contributed by atoms with Crippen LogP contribution >= 0.6 is 0 Å². The van der Waals surface area contributed by atoms with Crippen LogP contribution < -0.4 is 5.11 Å². The summed E-state index contributed by atoms with van der Waals surface area (Å²) in [6, 6.07) is 0. The van der Waals surface area contributed by atoms with Gasteiger partial charge in [0.05, 0.1) is 6.42 Å². The SMILES string of the molecule is O=C([O-])CC(F)(F)C(F)=C(F)F. The van der Waals surface area contributed by atoms with E-state index < -0.39 is 30.2 Å². The fourth-order valence-electron chi connectivity index (χ4n) is 0.397. The lowest BCUT2D eigenvalue weighted by atomic mass is 10.2. The third-order valence-corrected chi connectivity index (χ3v) is 0.853. The summed E-state index contributed by atoms with van der Waals surface area (Å²) < 4.78 is 58.1. The maximum absolute atomic E-state index is 12.0. The number of hydrogen-bond acceptors (Lipinski definition) is 2. The summed E-state index contributed by atoms with van der Waals surface area (Å²) in [4.78, 5) is 9.52. The molecule has 0 aliphatic rings.